The number of hydrogen-bond acceptors (Lipinski definition) is 3. The summed E-state index contributed by atoms with van der Waals surface area (Å²) >= 11 is 3.44. The molecule has 0 aromatic heterocycles. The third-order valence-electron chi connectivity index (χ3n) is 2.52. The van der Waals surface area contributed by atoms with Crippen molar-refractivity contribution in [3.05, 3.63) is 28.2 Å². The highest BCUT2D eigenvalue weighted by atomic mass is 79.9. The molecular formula is C13H20BrNO2. The van der Waals surface area contributed by atoms with Gasteiger partial charge in [0.2, 0.25) is 0 Å². The van der Waals surface area contributed by atoms with Crippen molar-refractivity contribution >= 4 is 15.9 Å². The molecule has 1 aromatic carbocycles. The molecule has 0 heterocycles. The third-order valence-corrected chi connectivity index (χ3v) is 3.02. The topological polar surface area (TPSA) is 44.5 Å². The van der Waals surface area contributed by atoms with Crippen molar-refractivity contribution in [2.24, 2.45) is 5.73 Å². The van der Waals surface area contributed by atoms with Crippen LogP contribution in [0.5, 0.6) is 5.75 Å². The van der Waals surface area contributed by atoms with E-state index in [1.54, 1.807) is 7.11 Å². The standard InChI is InChI=1S/C13H20BrNO2/c1-9(6-7-16-3)17-13-8-11(14)4-5-12(13)10(2)15/h4-5,8-10H,6-7,15H2,1-3H3/t9?,10-/m0/s1. The molecule has 0 saturated heterocycles. The molecule has 0 aliphatic carbocycles. The molecule has 0 aliphatic rings. The second-order valence-electron chi connectivity index (χ2n) is 4.18. The fourth-order valence-corrected chi connectivity index (χ4v) is 1.89. The zero-order chi connectivity index (χ0) is 12.8. The minimum Gasteiger partial charge on any atom is -0.490 e. The smallest absolute Gasteiger partial charge is 0.125 e. The van der Waals surface area contributed by atoms with E-state index in [0.29, 0.717) is 6.61 Å². The van der Waals surface area contributed by atoms with E-state index in [-0.39, 0.29) is 12.1 Å². The molecule has 0 fully saturated rings. The zero-order valence-electron chi connectivity index (χ0n) is 10.6. The number of rotatable bonds is 6. The van der Waals surface area contributed by atoms with Gasteiger partial charge in [-0.15, -0.1) is 0 Å². The Morgan fingerprint density at radius 2 is 2.06 bits per heavy atom. The molecule has 96 valence electrons. The van der Waals surface area contributed by atoms with Gasteiger partial charge < -0.3 is 15.2 Å². The van der Waals surface area contributed by atoms with Gasteiger partial charge >= 0.3 is 0 Å². The van der Waals surface area contributed by atoms with E-state index in [9.17, 15) is 0 Å². The largest absolute Gasteiger partial charge is 0.490 e. The highest BCUT2D eigenvalue weighted by Crippen LogP contribution is 2.28. The molecule has 0 spiro atoms. The van der Waals surface area contributed by atoms with Crippen molar-refractivity contribution < 1.29 is 9.47 Å². The van der Waals surface area contributed by atoms with E-state index >= 15 is 0 Å². The summed E-state index contributed by atoms with van der Waals surface area (Å²) in [6.45, 7) is 4.68. The highest BCUT2D eigenvalue weighted by molar-refractivity contribution is 9.10. The first-order valence-corrected chi connectivity index (χ1v) is 6.54. The number of halogens is 1. The SMILES string of the molecule is COCCC(C)Oc1cc(Br)ccc1[C@H](C)N. The summed E-state index contributed by atoms with van der Waals surface area (Å²) < 4.78 is 11.9. The molecule has 2 atom stereocenters. The fraction of sp³-hybridized carbons (Fsp3) is 0.538. The van der Waals surface area contributed by atoms with Crippen LogP contribution in [-0.4, -0.2) is 19.8 Å². The minimum absolute atomic E-state index is 0.0345. The fourth-order valence-electron chi connectivity index (χ4n) is 1.55. The van der Waals surface area contributed by atoms with Crippen LogP contribution >= 0.6 is 15.9 Å². The van der Waals surface area contributed by atoms with E-state index in [4.69, 9.17) is 15.2 Å². The van der Waals surface area contributed by atoms with Crippen molar-refractivity contribution in [3.63, 3.8) is 0 Å². The predicted molar refractivity (Wildman–Crippen MR) is 73.3 cm³/mol. The van der Waals surface area contributed by atoms with Gasteiger partial charge in [0, 0.05) is 36.2 Å². The first-order valence-electron chi connectivity index (χ1n) is 5.75. The van der Waals surface area contributed by atoms with Gasteiger partial charge in [0.25, 0.3) is 0 Å². The van der Waals surface area contributed by atoms with E-state index in [0.717, 1.165) is 22.2 Å². The van der Waals surface area contributed by atoms with Crippen molar-refractivity contribution in [1.82, 2.24) is 0 Å². The van der Waals surface area contributed by atoms with E-state index < -0.39 is 0 Å². The molecule has 1 aromatic rings. The maximum atomic E-state index is 5.92. The lowest BCUT2D eigenvalue weighted by Gasteiger charge is -2.19. The van der Waals surface area contributed by atoms with E-state index in [1.807, 2.05) is 32.0 Å². The Balaban J connectivity index is 2.77. The Morgan fingerprint density at radius 3 is 2.65 bits per heavy atom. The monoisotopic (exact) mass is 301 g/mol. The number of hydrogen-bond donors (Lipinski definition) is 1. The Labute approximate surface area is 111 Å². The molecule has 1 unspecified atom stereocenters. The maximum Gasteiger partial charge on any atom is 0.125 e. The van der Waals surface area contributed by atoms with Gasteiger partial charge in [0.1, 0.15) is 5.75 Å². The summed E-state index contributed by atoms with van der Waals surface area (Å²) in [7, 11) is 1.69. The van der Waals surface area contributed by atoms with Crippen LogP contribution in [0.4, 0.5) is 0 Å². The van der Waals surface area contributed by atoms with Gasteiger partial charge in [-0.3, -0.25) is 0 Å². The van der Waals surface area contributed by atoms with Gasteiger partial charge in [0.15, 0.2) is 0 Å². The normalized spacial score (nSPS) is 14.4. The van der Waals surface area contributed by atoms with Crippen LogP contribution in [0.25, 0.3) is 0 Å². The van der Waals surface area contributed by atoms with Gasteiger partial charge in [-0.05, 0) is 26.0 Å². The molecule has 4 heteroatoms. The van der Waals surface area contributed by atoms with Crippen LogP contribution in [0.3, 0.4) is 0 Å². The average Bonchev–Trinajstić information content (AvgIpc) is 2.26. The van der Waals surface area contributed by atoms with Gasteiger partial charge in [0.05, 0.1) is 6.10 Å². The summed E-state index contributed by atoms with van der Waals surface area (Å²) in [5, 5.41) is 0. The molecule has 1 rings (SSSR count). The molecule has 3 nitrogen and oxygen atoms in total. The van der Waals surface area contributed by atoms with Crippen LogP contribution in [0, 0.1) is 0 Å². The molecule has 2 N–H and O–H groups in total. The summed E-state index contributed by atoms with van der Waals surface area (Å²) in [5.41, 5.74) is 6.95. The number of benzene rings is 1. The Bertz CT molecular complexity index is 355. The number of nitrogens with two attached hydrogens (primary N) is 1. The van der Waals surface area contributed by atoms with E-state index in [2.05, 4.69) is 15.9 Å². The summed E-state index contributed by atoms with van der Waals surface area (Å²) in [4.78, 5) is 0. The van der Waals surface area contributed by atoms with Crippen LogP contribution in [0.15, 0.2) is 22.7 Å². The van der Waals surface area contributed by atoms with Crippen molar-refractivity contribution in [2.45, 2.75) is 32.4 Å². The molecule has 17 heavy (non-hydrogen) atoms. The lowest BCUT2D eigenvalue weighted by atomic mass is 10.1. The molecular weight excluding hydrogens is 282 g/mol. The van der Waals surface area contributed by atoms with Crippen LogP contribution in [0.1, 0.15) is 31.9 Å². The summed E-state index contributed by atoms with van der Waals surface area (Å²) in [5.74, 6) is 0.845. The van der Waals surface area contributed by atoms with Crippen LogP contribution < -0.4 is 10.5 Å². The first-order chi connectivity index (χ1) is 8.04. The molecule has 0 saturated carbocycles. The van der Waals surface area contributed by atoms with Gasteiger partial charge in [-0.25, -0.2) is 0 Å². The zero-order valence-corrected chi connectivity index (χ0v) is 12.2. The molecule has 0 bridgehead atoms. The summed E-state index contributed by atoms with van der Waals surface area (Å²) in [6, 6.07) is 5.90. The lowest BCUT2D eigenvalue weighted by molar-refractivity contribution is 0.134. The van der Waals surface area contributed by atoms with Gasteiger partial charge in [-0.1, -0.05) is 22.0 Å². The Morgan fingerprint density at radius 1 is 1.35 bits per heavy atom. The average molecular weight is 302 g/mol. The van der Waals surface area contributed by atoms with Crippen molar-refractivity contribution in [3.8, 4) is 5.75 Å². The molecule has 0 aliphatic heterocycles. The lowest BCUT2D eigenvalue weighted by Crippen LogP contribution is -2.16. The quantitative estimate of drug-likeness (QED) is 0.877. The second kappa shape index (κ2) is 6.99. The molecule has 0 amide bonds. The minimum atomic E-state index is -0.0345. The number of methoxy groups -OCH3 is 1. The van der Waals surface area contributed by atoms with Crippen LogP contribution in [0.2, 0.25) is 0 Å². The highest BCUT2D eigenvalue weighted by Gasteiger charge is 2.11. The molecule has 0 radical (unpaired) electrons. The van der Waals surface area contributed by atoms with E-state index in [1.165, 1.54) is 0 Å². The first kappa shape index (κ1) is 14.5. The predicted octanol–water partition coefficient (Wildman–Crippen LogP) is 3.27. The number of ether oxygens (including phenoxy) is 2. The second-order valence-corrected chi connectivity index (χ2v) is 5.10. The Hall–Kier alpha value is -0.580. The summed E-state index contributed by atoms with van der Waals surface area (Å²) in [6.07, 6.45) is 0.975. The van der Waals surface area contributed by atoms with Crippen molar-refractivity contribution in [1.29, 1.82) is 0 Å². The maximum absolute atomic E-state index is 5.92. The van der Waals surface area contributed by atoms with Crippen LogP contribution in [-0.2, 0) is 4.74 Å². The van der Waals surface area contributed by atoms with Crippen molar-refractivity contribution in [2.75, 3.05) is 13.7 Å². The Kier molecular flexibility index (Phi) is 5.95. The van der Waals surface area contributed by atoms with Gasteiger partial charge in [-0.2, -0.15) is 0 Å². The third kappa shape index (κ3) is 4.66.